The van der Waals surface area contributed by atoms with Gasteiger partial charge in [-0.15, -0.1) is 0 Å². The van der Waals surface area contributed by atoms with Gasteiger partial charge in [0.25, 0.3) is 0 Å². The maximum atomic E-state index is 12.6. The number of benzene rings is 2. The molecular formula is C26H30ClF3N2O4. The average molecular weight is 527 g/mol. The fourth-order valence-electron chi connectivity index (χ4n) is 5.19. The standard InChI is InChI=1S/C24H29ClN2O2.C2HF3O2/c1-16-6-4-9-22(18-7-5-8-19(25)14-18)23(16)26-24(28)29-15-17-12-20-10-11-21(13-17)27(20,2)3;3-2(4,5)1(6)7/h4-9,14,17,20-21H,10-13,15H2,1-3H3;(H,6,7). The average Bonchev–Trinajstić information content (AvgIpc) is 2.95. The van der Waals surface area contributed by atoms with E-state index in [0.29, 0.717) is 29.6 Å². The van der Waals surface area contributed by atoms with Crippen LogP contribution in [0.15, 0.2) is 42.5 Å². The van der Waals surface area contributed by atoms with Gasteiger partial charge in [0, 0.05) is 42.2 Å². The summed E-state index contributed by atoms with van der Waals surface area (Å²) in [6.45, 7) is 2.49. The van der Waals surface area contributed by atoms with Gasteiger partial charge in [-0.05, 0) is 30.2 Å². The second kappa shape index (κ2) is 11.1. The molecule has 2 aliphatic heterocycles. The van der Waals surface area contributed by atoms with Crippen molar-refractivity contribution in [1.82, 2.24) is 0 Å². The van der Waals surface area contributed by atoms with Gasteiger partial charge in [-0.3, -0.25) is 5.32 Å². The van der Waals surface area contributed by atoms with Crippen molar-refractivity contribution in [2.45, 2.75) is 50.9 Å². The summed E-state index contributed by atoms with van der Waals surface area (Å²) in [6.07, 6.45) is -0.683. The van der Waals surface area contributed by atoms with Crippen molar-refractivity contribution in [1.29, 1.82) is 0 Å². The van der Waals surface area contributed by atoms with Crippen molar-refractivity contribution in [3.05, 3.63) is 53.1 Å². The smallest absolute Gasteiger partial charge is 0.430 e. The van der Waals surface area contributed by atoms with Crippen molar-refractivity contribution in [3.8, 4) is 11.1 Å². The number of carboxylic acids is 1. The quantitative estimate of drug-likeness (QED) is 0.557. The van der Waals surface area contributed by atoms with Crippen molar-refractivity contribution in [2.24, 2.45) is 5.92 Å². The third kappa shape index (κ3) is 6.70. The Morgan fingerprint density at radius 3 is 2.25 bits per heavy atom. The van der Waals surface area contributed by atoms with E-state index in [9.17, 15) is 18.0 Å². The minimum Gasteiger partial charge on any atom is -0.542 e. The van der Waals surface area contributed by atoms with E-state index in [1.54, 1.807) is 0 Å². The number of ether oxygens (including phenoxy) is 1. The first-order chi connectivity index (χ1) is 16.8. The Kier molecular flexibility index (Phi) is 8.56. The molecule has 2 bridgehead atoms. The van der Waals surface area contributed by atoms with Gasteiger partial charge >= 0.3 is 12.3 Å². The number of nitrogens with zero attached hydrogens (tertiary/aromatic N) is 1. The van der Waals surface area contributed by atoms with E-state index in [-0.39, 0.29) is 6.09 Å². The number of anilines is 1. The first-order valence-corrected chi connectivity index (χ1v) is 12.1. The molecule has 0 radical (unpaired) electrons. The highest BCUT2D eigenvalue weighted by Crippen LogP contribution is 2.42. The number of amides is 1. The van der Waals surface area contributed by atoms with Crippen molar-refractivity contribution >= 4 is 29.4 Å². The number of carbonyl (C=O) groups excluding carboxylic acids is 2. The number of quaternary nitrogens is 1. The Bertz CT molecular complexity index is 1090. The largest absolute Gasteiger partial charge is 0.542 e. The number of aliphatic carboxylic acids is 1. The molecule has 1 amide bonds. The van der Waals surface area contributed by atoms with E-state index in [2.05, 4.69) is 19.4 Å². The minimum absolute atomic E-state index is 0.380. The summed E-state index contributed by atoms with van der Waals surface area (Å²) in [6, 6.07) is 15.0. The summed E-state index contributed by atoms with van der Waals surface area (Å²) < 4.78 is 38.3. The predicted octanol–water partition coefficient (Wildman–Crippen LogP) is 5.18. The molecular weight excluding hydrogens is 497 g/mol. The van der Waals surface area contributed by atoms with Crippen LogP contribution >= 0.6 is 11.6 Å². The molecule has 196 valence electrons. The Labute approximate surface area is 213 Å². The molecule has 0 aliphatic carbocycles. The van der Waals surface area contributed by atoms with Gasteiger partial charge in [-0.25, -0.2) is 4.79 Å². The third-order valence-electron chi connectivity index (χ3n) is 7.24. The zero-order chi connectivity index (χ0) is 26.7. The number of fused-ring (bicyclic) bond motifs is 2. The second-order valence-electron chi connectivity index (χ2n) is 9.87. The fourth-order valence-corrected chi connectivity index (χ4v) is 5.38. The van der Waals surface area contributed by atoms with Gasteiger partial charge in [-0.1, -0.05) is 41.9 Å². The lowest BCUT2D eigenvalue weighted by atomic mass is 9.90. The van der Waals surface area contributed by atoms with Crippen LogP contribution in [0.2, 0.25) is 5.02 Å². The Hall–Kier alpha value is -2.78. The highest BCUT2D eigenvalue weighted by atomic mass is 35.5. The number of halogens is 4. The second-order valence-corrected chi connectivity index (χ2v) is 10.3. The summed E-state index contributed by atoms with van der Waals surface area (Å²) >= 11 is 6.16. The highest BCUT2D eigenvalue weighted by Gasteiger charge is 2.48. The first kappa shape index (κ1) is 27.8. The molecule has 10 heteroatoms. The number of hydrogen-bond acceptors (Lipinski definition) is 4. The van der Waals surface area contributed by atoms with Gasteiger partial charge in [0.15, 0.2) is 0 Å². The van der Waals surface area contributed by atoms with E-state index in [1.165, 1.54) is 12.8 Å². The van der Waals surface area contributed by atoms with E-state index < -0.39 is 12.1 Å². The lowest BCUT2D eigenvalue weighted by Gasteiger charge is -2.44. The Balaban J connectivity index is 0.000000454. The summed E-state index contributed by atoms with van der Waals surface area (Å²) in [5.41, 5.74) is 3.69. The summed E-state index contributed by atoms with van der Waals surface area (Å²) in [4.78, 5) is 21.4. The molecule has 6 nitrogen and oxygen atoms in total. The molecule has 2 saturated heterocycles. The zero-order valence-electron chi connectivity index (χ0n) is 20.4. The van der Waals surface area contributed by atoms with Crippen LogP contribution in [0.4, 0.5) is 23.7 Å². The highest BCUT2D eigenvalue weighted by molar-refractivity contribution is 6.30. The number of hydrogen-bond donors (Lipinski definition) is 1. The van der Waals surface area contributed by atoms with Gasteiger partial charge < -0.3 is 19.1 Å². The monoisotopic (exact) mass is 526 g/mol. The molecule has 2 fully saturated rings. The Morgan fingerprint density at radius 1 is 1.11 bits per heavy atom. The number of carboxylic acid groups (broad SMARTS) is 1. The predicted molar refractivity (Wildman–Crippen MR) is 129 cm³/mol. The number of aryl methyl sites for hydroxylation is 1. The van der Waals surface area contributed by atoms with Crippen LogP contribution in [0.3, 0.4) is 0 Å². The van der Waals surface area contributed by atoms with Crippen molar-refractivity contribution in [2.75, 3.05) is 26.0 Å². The van der Waals surface area contributed by atoms with Crippen LogP contribution in [0, 0.1) is 12.8 Å². The lowest BCUT2D eigenvalue weighted by molar-refractivity contribution is -0.931. The molecule has 36 heavy (non-hydrogen) atoms. The number of carbonyl (C=O) groups is 2. The maximum Gasteiger partial charge on any atom is 0.430 e. The van der Waals surface area contributed by atoms with E-state index in [0.717, 1.165) is 39.7 Å². The summed E-state index contributed by atoms with van der Waals surface area (Å²) in [5.74, 6) is -2.54. The summed E-state index contributed by atoms with van der Waals surface area (Å²) in [7, 11) is 4.70. The van der Waals surface area contributed by atoms with Gasteiger partial charge in [0.05, 0.1) is 38.5 Å². The lowest BCUT2D eigenvalue weighted by Crippen LogP contribution is -2.55. The van der Waals surface area contributed by atoms with Gasteiger partial charge in [-0.2, -0.15) is 13.2 Å². The summed E-state index contributed by atoms with van der Waals surface area (Å²) in [5, 5.41) is 12.4. The zero-order valence-corrected chi connectivity index (χ0v) is 21.2. The molecule has 4 rings (SSSR count). The van der Waals surface area contributed by atoms with Crippen molar-refractivity contribution < 1.29 is 37.1 Å². The molecule has 2 aromatic carbocycles. The number of piperidine rings is 1. The molecule has 0 spiro atoms. The van der Waals surface area contributed by atoms with Crippen LogP contribution in [-0.2, 0) is 9.53 Å². The molecule has 0 saturated carbocycles. The molecule has 2 heterocycles. The third-order valence-corrected chi connectivity index (χ3v) is 7.48. The number of para-hydroxylation sites is 1. The SMILES string of the molecule is Cc1cccc(-c2cccc(Cl)c2)c1NC(=O)OCC1CC2CCC(C1)[N+]2(C)C.O=C([O-])C(F)(F)F. The topological polar surface area (TPSA) is 78.5 Å². The van der Waals surface area contributed by atoms with Crippen molar-refractivity contribution in [3.63, 3.8) is 0 Å². The normalized spacial score (nSPS) is 22.2. The van der Waals surface area contributed by atoms with E-state index in [1.807, 2.05) is 49.4 Å². The fraction of sp³-hybridized carbons (Fsp3) is 0.462. The minimum atomic E-state index is -5.19. The molecule has 2 unspecified atom stereocenters. The molecule has 2 aliphatic rings. The van der Waals surface area contributed by atoms with Crippen LogP contribution in [-0.4, -0.2) is 55.5 Å². The van der Waals surface area contributed by atoms with Crippen LogP contribution in [0.25, 0.3) is 11.1 Å². The number of alkyl halides is 3. The van der Waals surface area contributed by atoms with Crippen LogP contribution in [0.1, 0.15) is 31.2 Å². The number of rotatable bonds is 4. The molecule has 2 aromatic rings. The molecule has 2 atom stereocenters. The molecule has 0 aromatic heterocycles. The molecule has 1 N–H and O–H groups in total. The van der Waals surface area contributed by atoms with E-state index >= 15 is 0 Å². The van der Waals surface area contributed by atoms with Gasteiger partial charge in [0.2, 0.25) is 0 Å². The first-order valence-electron chi connectivity index (χ1n) is 11.7. The van der Waals surface area contributed by atoms with Crippen LogP contribution in [0.5, 0.6) is 0 Å². The van der Waals surface area contributed by atoms with E-state index in [4.69, 9.17) is 26.2 Å². The maximum absolute atomic E-state index is 12.6. The Morgan fingerprint density at radius 2 is 1.69 bits per heavy atom. The van der Waals surface area contributed by atoms with Gasteiger partial charge in [0.1, 0.15) is 5.97 Å². The number of nitrogens with one attached hydrogen (secondary N) is 1. The van der Waals surface area contributed by atoms with Crippen LogP contribution < -0.4 is 10.4 Å².